The molecular formula is C21H16N2O3S. The Morgan fingerprint density at radius 2 is 1.74 bits per heavy atom. The highest BCUT2D eigenvalue weighted by atomic mass is 32.1. The molecule has 0 unspecified atom stereocenters. The van der Waals surface area contributed by atoms with Crippen molar-refractivity contribution >= 4 is 34.4 Å². The summed E-state index contributed by atoms with van der Waals surface area (Å²) in [5, 5.41) is 13.4. The second-order valence-corrected chi connectivity index (χ2v) is 7.13. The quantitative estimate of drug-likeness (QED) is 0.714. The van der Waals surface area contributed by atoms with Gasteiger partial charge in [-0.1, -0.05) is 54.6 Å². The number of aliphatic imine (C=N–C) groups is 1. The molecule has 2 aromatic carbocycles. The van der Waals surface area contributed by atoms with Crippen molar-refractivity contribution in [3.63, 3.8) is 0 Å². The molecule has 0 saturated carbocycles. The summed E-state index contributed by atoms with van der Waals surface area (Å²) < 4.78 is 0. The Morgan fingerprint density at radius 1 is 1.04 bits per heavy atom. The van der Waals surface area contributed by atoms with Crippen LogP contribution in [0, 0.1) is 0 Å². The van der Waals surface area contributed by atoms with Crippen molar-refractivity contribution in [1.82, 2.24) is 0 Å². The zero-order valence-corrected chi connectivity index (χ0v) is 15.3. The number of nitrogens with zero attached hydrogens (tertiary/aromatic N) is 2. The van der Waals surface area contributed by atoms with E-state index in [2.05, 4.69) is 4.99 Å². The highest BCUT2D eigenvalue weighted by Crippen LogP contribution is 2.39. The van der Waals surface area contributed by atoms with Gasteiger partial charge < -0.3 is 10.0 Å². The number of thiophene rings is 1. The number of ketones is 1. The highest BCUT2D eigenvalue weighted by Gasteiger charge is 2.41. The summed E-state index contributed by atoms with van der Waals surface area (Å²) in [6.07, 6.45) is 0. The van der Waals surface area contributed by atoms with Crippen LogP contribution in [0.25, 0.3) is 0 Å². The smallest absolute Gasteiger partial charge is 0.280 e. The number of hydrogen-bond acceptors (Lipinski definition) is 5. The predicted molar refractivity (Wildman–Crippen MR) is 105 cm³/mol. The van der Waals surface area contributed by atoms with Crippen LogP contribution in [0.3, 0.4) is 0 Å². The van der Waals surface area contributed by atoms with Crippen molar-refractivity contribution < 1.29 is 14.7 Å². The first-order valence-electron chi connectivity index (χ1n) is 8.36. The first-order valence-corrected chi connectivity index (χ1v) is 9.24. The van der Waals surface area contributed by atoms with Crippen LogP contribution < -0.4 is 4.90 Å². The second-order valence-electron chi connectivity index (χ2n) is 6.19. The molecule has 0 spiro atoms. The van der Waals surface area contributed by atoms with Gasteiger partial charge >= 0.3 is 0 Å². The summed E-state index contributed by atoms with van der Waals surface area (Å²) in [6, 6.07) is 19.2. The van der Waals surface area contributed by atoms with E-state index in [-0.39, 0.29) is 5.71 Å². The molecule has 0 saturated heterocycles. The molecule has 0 bridgehead atoms. The van der Waals surface area contributed by atoms with E-state index in [9.17, 15) is 14.7 Å². The molecule has 0 fully saturated rings. The number of carbonyl (C=O) groups is 2. The molecule has 0 aliphatic carbocycles. The molecule has 0 radical (unpaired) electrons. The van der Waals surface area contributed by atoms with Crippen LogP contribution in [0.15, 0.2) is 77.1 Å². The van der Waals surface area contributed by atoms with Crippen molar-refractivity contribution in [3.8, 4) is 0 Å². The molecule has 1 aliphatic heterocycles. The monoisotopic (exact) mass is 376 g/mol. The number of benzene rings is 2. The predicted octanol–water partition coefficient (Wildman–Crippen LogP) is 3.24. The van der Waals surface area contributed by atoms with E-state index in [4.69, 9.17) is 0 Å². The largest absolute Gasteiger partial charge is 0.362 e. The molecule has 1 amide bonds. The number of hydrogen-bond donors (Lipinski definition) is 1. The molecule has 6 heteroatoms. The van der Waals surface area contributed by atoms with Gasteiger partial charge in [0.2, 0.25) is 11.5 Å². The SMILES string of the molecule is CN1C(=O)C(C(=O)c2cccs2)=N[C@](O)(c2ccccc2)c2ccccc21. The average Bonchev–Trinajstić information content (AvgIpc) is 3.23. The van der Waals surface area contributed by atoms with Gasteiger partial charge in [0, 0.05) is 18.2 Å². The van der Waals surface area contributed by atoms with E-state index < -0.39 is 17.4 Å². The highest BCUT2D eigenvalue weighted by molar-refractivity contribution is 7.13. The molecule has 2 heterocycles. The lowest BCUT2D eigenvalue weighted by Gasteiger charge is -2.26. The van der Waals surface area contributed by atoms with Crippen molar-refractivity contribution in [1.29, 1.82) is 0 Å². The molecule has 27 heavy (non-hydrogen) atoms. The number of aliphatic hydroxyl groups is 1. The summed E-state index contributed by atoms with van der Waals surface area (Å²) in [5.74, 6) is -1.04. The first kappa shape index (κ1) is 17.3. The van der Waals surface area contributed by atoms with Gasteiger partial charge in [0.1, 0.15) is 0 Å². The van der Waals surface area contributed by atoms with Crippen LogP contribution in [0.4, 0.5) is 5.69 Å². The van der Waals surface area contributed by atoms with E-state index in [1.54, 1.807) is 73.1 Å². The molecule has 4 rings (SSSR count). The fourth-order valence-corrected chi connectivity index (χ4v) is 3.83. The Morgan fingerprint density at radius 3 is 2.44 bits per heavy atom. The number of rotatable bonds is 3. The number of para-hydroxylation sites is 1. The number of carbonyl (C=O) groups excluding carboxylic acids is 2. The van der Waals surface area contributed by atoms with Crippen LogP contribution in [-0.4, -0.2) is 29.6 Å². The topological polar surface area (TPSA) is 70.0 Å². The molecule has 3 aromatic rings. The normalized spacial score (nSPS) is 19.3. The van der Waals surface area contributed by atoms with Gasteiger partial charge in [0.25, 0.3) is 5.91 Å². The third kappa shape index (κ3) is 2.79. The Bertz CT molecular complexity index is 1040. The fourth-order valence-electron chi connectivity index (χ4n) is 3.16. The van der Waals surface area contributed by atoms with E-state index in [0.717, 1.165) is 0 Å². The lowest BCUT2D eigenvalue weighted by molar-refractivity contribution is -0.112. The minimum atomic E-state index is -1.85. The maximum Gasteiger partial charge on any atom is 0.280 e. The summed E-state index contributed by atoms with van der Waals surface area (Å²) in [6.45, 7) is 0. The lowest BCUT2D eigenvalue weighted by Crippen LogP contribution is -2.37. The third-order valence-corrected chi connectivity index (χ3v) is 5.43. The standard InChI is InChI=1S/C21H16N2O3S/c1-23-16-11-6-5-10-15(16)21(26,14-8-3-2-4-9-14)22-18(20(23)25)19(24)17-12-7-13-27-17/h2-13,26H,1H3/t21-/m0/s1. The van der Waals surface area contributed by atoms with Gasteiger partial charge in [-0.2, -0.15) is 0 Å². The maximum atomic E-state index is 13.0. The van der Waals surface area contributed by atoms with E-state index in [1.807, 2.05) is 6.07 Å². The minimum Gasteiger partial charge on any atom is -0.362 e. The maximum absolute atomic E-state index is 13.0. The average molecular weight is 376 g/mol. The van der Waals surface area contributed by atoms with Crippen molar-refractivity contribution in [3.05, 3.63) is 88.1 Å². The van der Waals surface area contributed by atoms with E-state index in [0.29, 0.717) is 21.7 Å². The number of fused-ring (bicyclic) bond motifs is 1. The molecule has 1 N–H and O–H groups in total. The summed E-state index contributed by atoms with van der Waals surface area (Å²) in [5.41, 5.74) is -0.701. The number of amides is 1. The van der Waals surface area contributed by atoms with Gasteiger partial charge in [-0.15, -0.1) is 11.3 Å². The second kappa shape index (κ2) is 6.57. The van der Waals surface area contributed by atoms with Crippen LogP contribution in [0.1, 0.15) is 20.8 Å². The molecule has 1 aliphatic rings. The van der Waals surface area contributed by atoms with Gasteiger partial charge in [-0.3, -0.25) is 9.59 Å². The molecular weight excluding hydrogens is 360 g/mol. The Hall–Kier alpha value is -3.09. The van der Waals surface area contributed by atoms with Crippen molar-refractivity contribution in [2.45, 2.75) is 5.72 Å². The van der Waals surface area contributed by atoms with Crippen LogP contribution in [-0.2, 0) is 10.5 Å². The van der Waals surface area contributed by atoms with Crippen molar-refractivity contribution in [2.24, 2.45) is 4.99 Å². The molecule has 1 atom stereocenters. The summed E-state index contributed by atoms with van der Waals surface area (Å²) in [4.78, 5) is 32.1. The van der Waals surface area contributed by atoms with Gasteiger partial charge in [0.05, 0.1) is 10.6 Å². The van der Waals surface area contributed by atoms with Crippen molar-refractivity contribution in [2.75, 3.05) is 11.9 Å². The van der Waals surface area contributed by atoms with Gasteiger partial charge in [0.15, 0.2) is 5.71 Å². The molecule has 1 aromatic heterocycles. The molecule has 5 nitrogen and oxygen atoms in total. The van der Waals surface area contributed by atoms with Gasteiger partial charge in [-0.25, -0.2) is 4.99 Å². The molecule has 134 valence electrons. The zero-order chi connectivity index (χ0) is 19.0. The summed E-state index contributed by atoms with van der Waals surface area (Å²) >= 11 is 1.23. The number of Topliss-reactive ketones (excluding diaryl/α,β-unsaturated/α-hetero) is 1. The number of anilines is 1. The lowest BCUT2D eigenvalue weighted by atomic mass is 9.93. The van der Waals surface area contributed by atoms with E-state index >= 15 is 0 Å². The summed E-state index contributed by atoms with van der Waals surface area (Å²) in [7, 11) is 1.58. The minimum absolute atomic E-state index is 0.289. The van der Waals surface area contributed by atoms with E-state index in [1.165, 1.54) is 16.2 Å². The van der Waals surface area contributed by atoms with Crippen LogP contribution in [0.5, 0.6) is 0 Å². The van der Waals surface area contributed by atoms with Crippen LogP contribution >= 0.6 is 11.3 Å². The third-order valence-electron chi connectivity index (χ3n) is 4.56. The Labute approximate surface area is 160 Å². The Kier molecular flexibility index (Phi) is 4.22. The Balaban J connectivity index is 1.99. The van der Waals surface area contributed by atoms with Crippen LogP contribution in [0.2, 0.25) is 0 Å². The first-order chi connectivity index (χ1) is 13.0. The fraction of sp³-hybridized carbons (Fsp3) is 0.0952. The zero-order valence-electron chi connectivity index (χ0n) is 14.5. The van der Waals surface area contributed by atoms with Gasteiger partial charge in [-0.05, 0) is 17.5 Å².